The van der Waals surface area contributed by atoms with E-state index in [-0.39, 0.29) is 50.1 Å². The number of Topliss-reactive ketones (excluding diaryl/α,β-unsaturated/α-hetero) is 1. The van der Waals surface area contributed by atoms with Crippen LogP contribution in [0, 0.1) is 11.8 Å². The minimum Gasteiger partial charge on any atom is -0.462 e. The number of aliphatic hydroxyl groups excluding tert-OH is 2. The van der Waals surface area contributed by atoms with E-state index < -0.39 is 44.7 Å². The fourth-order valence-corrected chi connectivity index (χ4v) is 8.24. The summed E-state index contributed by atoms with van der Waals surface area (Å²) in [5.41, 5.74) is 0. The van der Waals surface area contributed by atoms with Crippen molar-refractivity contribution in [3.63, 3.8) is 0 Å². The van der Waals surface area contributed by atoms with Gasteiger partial charge in [-0.05, 0) is 57.3 Å². The first kappa shape index (κ1) is 57.1. The van der Waals surface area contributed by atoms with E-state index >= 15 is 0 Å². The molecule has 12 nitrogen and oxygen atoms in total. The van der Waals surface area contributed by atoms with Gasteiger partial charge in [0.05, 0.1) is 40.0 Å². The van der Waals surface area contributed by atoms with Gasteiger partial charge in [0.2, 0.25) is 0 Å². The van der Waals surface area contributed by atoms with Crippen molar-refractivity contribution in [1.82, 2.24) is 0 Å². The van der Waals surface area contributed by atoms with E-state index in [4.69, 9.17) is 18.5 Å². The van der Waals surface area contributed by atoms with Crippen molar-refractivity contribution >= 4 is 25.5 Å². The number of carbonyl (C=O) groups excluding carboxylic acids is 3. The van der Waals surface area contributed by atoms with Gasteiger partial charge in [-0.3, -0.25) is 23.4 Å². The number of esters is 2. The number of unbranched alkanes of at least 4 members (excludes halogenated alkanes) is 18. The van der Waals surface area contributed by atoms with E-state index in [1.807, 2.05) is 21.1 Å². The average molecular weight is 887 g/mol. The predicted octanol–water partition coefficient (Wildman–Crippen LogP) is 10.5. The molecule has 0 heterocycles. The number of phosphoric acid groups is 1. The molecule has 13 heteroatoms. The minimum atomic E-state index is -4.44. The van der Waals surface area contributed by atoms with Crippen LogP contribution in [-0.4, -0.2) is 103 Å². The molecule has 0 aliphatic heterocycles. The molecule has 6 atom stereocenters. The lowest BCUT2D eigenvalue weighted by Gasteiger charge is -2.24. The van der Waals surface area contributed by atoms with Crippen molar-refractivity contribution in [2.24, 2.45) is 11.8 Å². The lowest BCUT2D eigenvalue weighted by atomic mass is 9.88. The van der Waals surface area contributed by atoms with Gasteiger partial charge in [0, 0.05) is 25.2 Å². The van der Waals surface area contributed by atoms with Crippen LogP contribution in [0.25, 0.3) is 0 Å². The number of rotatable bonds is 40. The van der Waals surface area contributed by atoms with E-state index in [2.05, 4.69) is 26.0 Å². The smallest absolute Gasteiger partial charge is 0.462 e. The first-order valence-electron chi connectivity index (χ1n) is 24.2. The molecule has 1 rings (SSSR count). The van der Waals surface area contributed by atoms with Crippen molar-refractivity contribution in [2.45, 2.75) is 206 Å². The molecule has 0 aromatic rings. The number of allylic oxidation sites excluding steroid dienone is 3. The molecule has 0 spiro atoms. The highest BCUT2D eigenvalue weighted by molar-refractivity contribution is 7.47. The second-order valence-corrected chi connectivity index (χ2v) is 19.7. The lowest BCUT2D eigenvalue weighted by molar-refractivity contribution is -0.870. The van der Waals surface area contributed by atoms with Crippen LogP contribution < -0.4 is 0 Å². The number of likely N-dealkylation sites (N-methyl/N-ethyl adjacent to an activating group) is 1. The highest BCUT2D eigenvalue weighted by Crippen LogP contribution is 2.43. The average Bonchev–Trinajstić information content (AvgIpc) is 3.47. The van der Waals surface area contributed by atoms with Crippen molar-refractivity contribution in [3.05, 3.63) is 24.3 Å². The van der Waals surface area contributed by atoms with Crippen LogP contribution in [0.2, 0.25) is 0 Å². The summed E-state index contributed by atoms with van der Waals surface area (Å²) in [6, 6.07) is 0. The van der Waals surface area contributed by atoms with E-state index in [0.29, 0.717) is 36.7 Å². The Labute approximate surface area is 370 Å². The lowest BCUT2D eigenvalue weighted by Crippen LogP contribution is -2.37. The Bertz CT molecular complexity index is 1250. The van der Waals surface area contributed by atoms with Crippen molar-refractivity contribution in [1.29, 1.82) is 0 Å². The van der Waals surface area contributed by atoms with Crippen LogP contribution in [0.4, 0.5) is 0 Å². The van der Waals surface area contributed by atoms with Crippen LogP contribution in [0.3, 0.4) is 0 Å². The maximum Gasteiger partial charge on any atom is 0.472 e. The number of phosphoric ester groups is 1. The minimum absolute atomic E-state index is 0.00655. The van der Waals surface area contributed by atoms with E-state index in [1.165, 1.54) is 64.2 Å². The van der Waals surface area contributed by atoms with Crippen LogP contribution in [0.1, 0.15) is 187 Å². The van der Waals surface area contributed by atoms with Crippen LogP contribution in [0.15, 0.2) is 24.3 Å². The summed E-state index contributed by atoms with van der Waals surface area (Å²) in [5.74, 6) is -1.51. The topological polar surface area (TPSA) is 166 Å². The summed E-state index contributed by atoms with van der Waals surface area (Å²) in [7, 11) is 1.35. The van der Waals surface area contributed by atoms with Gasteiger partial charge >= 0.3 is 19.8 Å². The van der Waals surface area contributed by atoms with Gasteiger partial charge in [-0.15, -0.1) is 0 Å². The third kappa shape index (κ3) is 32.4. The third-order valence-electron chi connectivity index (χ3n) is 11.4. The predicted molar refractivity (Wildman–Crippen MR) is 244 cm³/mol. The quantitative estimate of drug-likeness (QED) is 0.0176. The highest BCUT2D eigenvalue weighted by Gasteiger charge is 2.39. The SMILES string of the molecule is CCCCCCCC/C=C\CCCCCCCCCC(=O)O[C@H](COC(=O)CCCCCC[C@H]1[C@@H](O)CC(=O)[C@@H]1/C=C/[C@@H](O)CCCCC)COP(=O)(O)OCC[N+](C)(C)C. The summed E-state index contributed by atoms with van der Waals surface area (Å²) in [6.07, 6.45) is 31.2. The van der Waals surface area contributed by atoms with Crippen LogP contribution >= 0.6 is 7.82 Å². The van der Waals surface area contributed by atoms with Gasteiger partial charge < -0.3 is 29.1 Å². The monoisotopic (exact) mass is 887 g/mol. The Balaban J connectivity index is 2.43. The summed E-state index contributed by atoms with van der Waals surface area (Å²) in [6.45, 7) is 4.05. The molecule has 3 N–H and O–H groups in total. The molecule has 356 valence electrons. The molecule has 1 fully saturated rings. The standard InChI is InChI=1S/C48H88NO11P/c1-6-8-10-11-12-13-14-15-16-17-18-19-20-21-22-23-29-33-48(54)60-42(40-59-61(55,56)58-37-36-49(3,4)5)39-57-47(53)32-28-25-24-27-31-43-44(46(52)38-45(43)51)35-34-41(50)30-26-9-7-2/h15-16,34-35,41-45,50-51H,6-14,17-33,36-40H2,1-5H3/p+1/b16-15-,35-34+/t41-,42+,43+,44+,45-/m0/s1. The summed E-state index contributed by atoms with van der Waals surface area (Å²) < 4.78 is 34.3. The molecule has 1 aliphatic carbocycles. The number of ether oxygens (including phenoxy) is 2. The first-order chi connectivity index (χ1) is 29.2. The molecule has 61 heavy (non-hydrogen) atoms. The first-order valence-corrected chi connectivity index (χ1v) is 25.7. The molecule has 0 aromatic carbocycles. The second kappa shape index (κ2) is 35.4. The Morgan fingerprint density at radius 2 is 1.30 bits per heavy atom. The number of ketones is 1. The summed E-state index contributed by atoms with van der Waals surface area (Å²) in [5, 5.41) is 20.8. The molecule has 0 bridgehead atoms. The van der Waals surface area contributed by atoms with Gasteiger partial charge in [-0.2, -0.15) is 0 Å². The van der Waals surface area contributed by atoms with Crippen molar-refractivity contribution < 1.29 is 57.1 Å². The Kier molecular flexibility index (Phi) is 33.2. The Morgan fingerprint density at radius 1 is 0.754 bits per heavy atom. The van der Waals surface area contributed by atoms with Crippen LogP contribution in [0.5, 0.6) is 0 Å². The van der Waals surface area contributed by atoms with Gasteiger partial charge in [0.1, 0.15) is 25.5 Å². The molecule has 0 aromatic heterocycles. The number of carbonyl (C=O) groups is 3. The molecular formula is C48H89NO11P+. The second-order valence-electron chi connectivity index (χ2n) is 18.3. The van der Waals surface area contributed by atoms with E-state index in [9.17, 15) is 34.1 Å². The maximum atomic E-state index is 12.8. The molecule has 1 unspecified atom stereocenters. The molecular weight excluding hydrogens is 797 g/mol. The van der Waals surface area contributed by atoms with E-state index in [1.54, 1.807) is 12.2 Å². The number of quaternary nitrogens is 1. The van der Waals surface area contributed by atoms with Crippen molar-refractivity contribution in [2.75, 3.05) is 47.5 Å². The van der Waals surface area contributed by atoms with Crippen molar-refractivity contribution in [3.8, 4) is 0 Å². The van der Waals surface area contributed by atoms with Gasteiger partial charge in [0.25, 0.3) is 0 Å². The van der Waals surface area contributed by atoms with E-state index in [0.717, 1.165) is 64.2 Å². The molecule has 1 aliphatic rings. The number of nitrogens with zero attached hydrogens (tertiary/aromatic N) is 1. The maximum absolute atomic E-state index is 12.8. The summed E-state index contributed by atoms with van der Waals surface area (Å²) >= 11 is 0. The Morgan fingerprint density at radius 3 is 1.90 bits per heavy atom. The fourth-order valence-electron chi connectivity index (χ4n) is 7.50. The zero-order valence-corrected chi connectivity index (χ0v) is 40.0. The third-order valence-corrected chi connectivity index (χ3v) is 12.3. The highest BCUT2D eigenvalue weighted by atomic mass is 31.2. The summed E-state index contributed by atoms with van der Waals surface area (Å²) in [4.78, 5) is 48.2. The van der Waals surface area contributed by atoms with Crippen LogP contribution in [-0.2, 0) is 37.5 Å². The van der Waals surface area contributed by atoms with Gasteiger partial charge in [-0.25, -0.2) is 4.57 Å². The Hall–Kier alpha value is -1.92. The molecule has 1 saturated carbocycles. The fraction of sp³-hybridized carbons (Fsp3) is 0.854. The zero-order valence-electron chi connectivity index (χ0n) is 39.1. The number of hydrogen-bond donors (Lipinski definition) is 3. The molecule has 0 saturated heterocycles. The largest absolute Gasteiger partial charge is 0.472 e. The molecule has 0 radical (unpaired) electrons. The van der Waals surface area contributed by atoms with Gasteiger partial charge in [0.15, 0.2) is 6.10 Å². The molecule has 0 amide bonds. The number of aliphatic hydroxyl groups is 2. The number of hydrogen-bond acceptors (Lipinski definition) is 10. The zero-order chi connectivity index (χ0) is 45.2. The normalized spacial score (nSPS) is 19.1. The van der Waals surface area contributed by atoms with Gasteiger partial charge in [-0.1, -0.05) is 141 Å².